The van der Waals surface area contributed by atoms with Gasteiger partial charge in [0.15, 0.2) is 0 Å². The second-order valence-electron chi connectivity index (χ2n) is 4.50. The zero-order valence-electron chi connectivity index (χ0n) is 12.3. The molecule has 3 N–H and O–H groups in total. The van der Waals surface area contributed by atoms with Crippen LogP contribution in [0.2, 0.25) is 0 Å². The molecule has 0 aromatic rings. The molecule has 0 radical (unpaired) electrons. The Labute approximate surface area is 120 Å². The average Bonchev–Trinajstić information content (AvgIpc) is 2.42. The van der Waals surface area contributed by atoms with Crippen LogP contribution < -0.4 is 0 Å². The van der Waals surface area contributed by atoms with Crippen LogP contribution >= 0.6 is 0 Å². The second kappa shape index (κ2) is 11.5. The van der Waals surface area contributed by atoms with E-state index >= 15 is 0 Å². The van der Waals surface area contributed by atoms with Crippen molar-refractivity contribution in [3.05, 3.63) is 11.5 Å². The maximum atomic E-state index is 11.2. The van der Waals surface area contributed by atoms with Crippen molar-refractivity contribution in [2.75, 3.05) is 19.8 Å². The highest BCUT2D eigenvalue weighted by Crippen LogP contribution is 2.16. The van der Waals surface area contributed by atoms with E-state index in [9.17, 15) is 15.0 Å². The monoisotopic (exact) mass is 290 g/mol. The Morgan fingerprint density at radius 2 is 1.65 bits per heavy atom. The number of hydrogen-bond donors (Lipinski definition) is 3. The molecule has 118 valence electrons. The average molecular weight is 290 g/mol. The van der Waals surface area contributed by atoms with Crippen LogP contribution in [0.1, 0.15) is 46.0 Å². The molecule has 0 aromatic carbocycles. The number of aliphatic carboxylic acids is 1. The van der Waals surface area contributed by atoms with Crippen molar-refractivity contribution >= 4 is 5.97 Å². The van der Waals surface area contributed by atoms with E-state index in [0.717, 1.165) is 25.7 Å². The molecule has 0 unspecified atom stereocenters. The molecule has 0 aromatic heterocycles. The van der Waals surface area contributed by atoms with Crippen LogP contribution in [0.5, 0.6) is 0 Å². The first-order valence-electron chi connectivity index (χ1n) is 7.07. The first kappa shape index (κ1) is 18.7. The van der Waals surface area contributed by atoms with Gasteiger partial charge in [-0.05, 0) is 12.8 Å². The van der Waals surface area contributed by atoms with Gasteiger partial charge in [-0.3, -0.25) is 0 Å². The molecule has 0 saturated carbocycles. The molecule has 0 aliphatic rings. The maximum absolute atomic E-state index is 11.2. The van der Waals surface area contributed by atoms with Crippen molar-refractivity contribution in [1.29, 1.82) is 0 Å². The maximum Gasteiger partial charge on any atom is 0.374 e. The highest BCUT2D eigenvalue weighted by molar-refractivity contribution is 5.84. The Morgan fingerprint density at radius 1 is 1.10 bits per heavy atom. The highest BCUT2D eigenvalue weighted by atomic mass is 16.5. The molecule has 0 saturated heterocycles. The minimum atomic E-state index is -1.22. The molecular weight excluding hydrogens is 264 g/mol. The van der Waals surface area contributed by atoms with Crippen molar-refractivity contribution in [2.24, 2.45) is 0 Å². The summed E-state index contributed by atoms with van der Waals surface area (Å²) < 4.78 is 10.7. The van der Waals surface area contributed by atoms with Gasteiger partial charge in [0, 0.05) is 6.42 Å². The Hall–Kier alpha value is -1.27. The van der Waals surface area contributed by atoms with Crippen molar-refractivity contribution < 1.29 is 29.6 Å². The predicted octanol–water partition coefficient (Wildman–Crippen LogP) is 1.66. The normalized spacial score (nSPS) is 13.6. The molecule has 1 atom stereocenters. The summed E-state index contributed by atoms with van der Waals surface area (Å²) in [4.78, 5) is 11.2. The number of carboxylic acid groups (broad SMARTS) is 1. The molecule has 0 aliphatic carbocycles. The lowest BCUT2D eigenvalue weighted by atomic mass is 10.2. The number of rotatable bonds is 12. The van der Waals surface area contributed by atoms with E-state index in [4.69, 9.17) is 14.6 Å². The minimum absolute atomic E-state index is 0.0754. The van der Waals surface area contributed by atoms with E-state index in [-0.39, 0.29) is 24.5 Å². The molecule has 0 aliphatic heterocycles. The lowest BCUT2D eigenvalue weighted by molar-refractivity contribution is -0.137. The number of aliphatic hydroxyl groups excluding tert-OH is 2. The largest absolute Gasteiger partial charge is 0.494 e. The summed E-state index contributed by atoms with van der Waals surface area (Å²) in [5.41, 5.74) is 0. The Bertz CT molecular complexity index is 300. The highest BCUT2D eigenvalue weighted by Gasteiger charge is 2.20. The molecule has 6 nitrogen and oxygen atoms in total. The summed E-state index contributed by atoms with van der Waals surface area (Å²) in [5, 5.41) is 27.5. The molecule has 0 amide bonds. The van der Waals surface area contributed by atoms with E-state index in [1.54, 1.807) is 0 Å². The third-order valence-corrected chi connectivity index (χ3v) is 2.60. The Kier molecular flexibility index (Phi) is 10.8. The fourth-order valence-corrected chi connectivity index (χ4v) is 1.42. The zero-order chi connectivity index (χ0) is 15.4. The number of hydrogen-bond acceptors (Lipinski definition) is 5. The quantitative estimate of drug-likeness (QED) is 0.287. The van der Waals surface area contributed by atoms with Gasteiger partial charge in [-0.1, -0.05) is 26.7 Å². The summed E-state index contributed by atoms with van der Waals surface area (Å²) in [6, 6.07) is 0. The first-order valence-corrected chi connectivity index (χ1v) is 7.07. The van der Waals surface area contributed by atoms with Crippen molar-refractivity contribution in [2.45, 2.75) is 52.1 Å². The minimum Gasteiger partial charge on any atom is -0.494 e. The SMILES string of the molecule is CCCCO/C(C[C@@H](O)CO)=C(\OCCCC)C(=O)O. The van der Waals surface area contributed by atoms with E-state index in [1.165, 1.54) is 0 Å². The smallest absolute Gasteiger partial charge is 0.374 e. The number of unbranched alkanes of at least 4 members (excludes halogenated alkanes) is 2. The van der Waals surface area contributed by atoms with E-state index in [0.29, 0.717) is 6.61 Å². The Morgan fingerprint density at radius 3 is 2.10 bits per heavy atom. The van der Waals surface area contributed by atoms with Crippen LogP contribution in [-0.2, 0) is 14.3 Å². The summed E-state index contributed by atoms with van der Waals surface area (Å²) in [5.74, 6) is -1.41. The number of ether oxygens (including phenoxy) is 2. The number of carbonyl (C=O) groups is 1. The zero-order valence-corrected chi connectivity index (χ0v) is 12.3. The van der Waals surface area contributed by atoms with Crippen LogP contribution in [-0.4, -0.2) is 47.2 Å². The van der Waals surface area contributed by atoms with Gasteiger partial charge in [-0.15, -0.1) is 0 Å². The third kappa shape index (κ3) is 8.01. The van der Waals surface area contributed by atoms with E-state index in [2.05, 4.69) is 0 Å². The Balaban J connectivity index is 4.89. The lowest BCUT2D eigenvalue weighted by Gasteiger charge is -2.16. The summed E-state index contributed by atoms with van der Waals surface area (Å²) in [6.07, 6.45) is 2.18. The van der Waals surface area contributed by atoms with Crippen LogP contribution in [0.25, 0.3) is 0 Å². The summed E-state index contributed by atoms with van der Waals surface area (Å²) in [6.45, 7) is 4.15. The van der Waals surface area contributed by atoms with Crippen molar-refractivity contribution in [1.82, 2.24) is 0 Å². The van der Waals surface area contributed by atoms with Gasteiger partial charge in [-0.2, -0.15) is 0 Å². The predicted molar refractivity (Wildman–Crippen MR) is 74.1 cm³/mol. The van der Waals surface area contributed by atoms with Gasteiger partial charge in [-0.25, -0.2) is 4.79 Å². The van der Waals surface area contributed by atoms with Gasteiger partial charge in [0.1, 0.15) is 5.76 Å². The standard InChI is InChI=1S/C14H26O6/c1-3-5-7-19-12(9-11(16)10-15)13(14(17)18)20-8-6-4-2/h11,15-16H,3-10H2,1-2H3,(H,17,18)/b13-12-/t11-/m1/s1. The van der Waals surface area contributed by atoms with Gasteiger partial charge in [0.2, 0.25) is 5.76 Å². The second-order valence-corrected chi connectivity index (χ2v) is 4.50. The van der Waals surface area contributed by atoms with Crippen molar-refractivity contribution in [3.8, 4) is 0 Å². The fourth-order valence-electron chi connectivity index (χ4n) is 1.42. The van der Waals surface area contributed by atoms with Gasteiger partial charge in [0.05, 0.1) is 25.9 Å². The number of aliphatic hydroxyl groups is 2. The fraction of sp³-hybridized carbons (Fsp3) is 0.786. The van der Waals surface area contributed by atoms with Crippen LogP contribution in [0.4, 0.5) is 0 Å². The van der Waals surface area contributed by atoms with Crippen LogP contribution in [0.15, 0.2) is 11.5 Å². The van der Waals surface area contributed by atoms with Gasteiger partial charge >= 0.3 is 5.97 Å². The molecule has 6 heteroatoms. The van der Waals surface area contributed by atoms with E-state index in [1.807, 2.05) is 13.8 Å². The topological polar surface area (TPSA) is 96.2 Å². The summed E-state index contributed by atoms with van der Waals surface area (Å²) in [7, 11) is 0. The van der Waals surface area contributed by atoms with Gasteiger partial charge in [0.25, 0.3) is 0 Å². The molecule has 0 rings (SSSR count). The molecule has 0 spiro atoms. The van der Waals surface area contributed by atoms with Crippen molar-refractivity contribution in [3.63, 3.8) is 0 Å². The molecule has 0 heterocycles. The van der Waals surface area contributed by atoms with Crippen LogP contribution in [0.3, 0.4) is 0 Å². The number of carboxylic acids is 1. The molecule has 0 fully saturated rings. The molecular formula is C14H26O6. The van der Waals surface area contributed by atoms with E-state index < -0.39 is 18.7 Å². The lowest BCUT2D eigenvalue weighted by Crippen LogP contribution is -2.19. The van der Waals surface area contributed by atoms with Crippen LogP contribution in [0, 0.1) is 0 Å². The summed E-state index contributed by atoms with van der Waals surface area (Å²) >= 11 is 0. The molecule has 20 heavy (non-hydrogen) atoms. The van der Waals surface area contributed by atoms with Gasteiger partial charge < -0.3 is 24.8 Å². The third-order valence-electron chi connectivity index (χ3n) is 2.60. The molecule has 0 bridgehead atoms. The first-order chi connectivity index (χ1) is 9.56.